The second-order valence-corrected chi connectivity index (χ2v) is 5.20. The van der Waals surface area contributed by atoms with Gasteiger partial charge in [-0.05, 0) is 51.8 Å². The molecule has 0 spiro atoms. The van der Waals surface area contributed by atoms with E-state index in [4.69, 9.17) is 5.26 Å². The Balaban J connectivity index is 2.10. The molecule has 22 heavy (non-hydrogen) atoms. The van der Waals surface area contributed by atoms with Gasteiger partial charge >= 0.3 is 0 Å². The maximum Gasteiger partial charge on any atom is 0.262 e. The zero-order chi connectivity index (χ0) is 15.9. The van der Waals surface area contributed by atoms with Gasteiger partial charge in [-0.25, -0.2) is 4.39 Å². The minimum atomic E-state index is -0.506. The van der Waals surface area contributed by atoms with Crippen molar-refractivity contribution in [3.8, 4) is 6.07 Å². The fourth-order valence-corrected chi connectivity index (χ4v) is 2.08. The first kappa shape index (κ1) is 15.9. The van der Waals surface area contributed by atoms with Crippen molar-refractivity contribution in [1.82, 2.24) is 10.3 Å². The largest absolute Gasteiger partial charge is 0.346 e. The molecule has 0 saturated heterocycles. The highest BCUT2D eigenvalue weighted by Crippen LogP contribution is 2.18. The van der Waals surface area contributed by atoms with E-state index in [0.717, 1.165) is 0 Å². The van der Waals surface area contributed by atoms with E-state index < -0.39 is 11.7 Å². The molecule has 2 rings (SSSR count). The maximum absolute atomic E-state index is 13.2. The Hall–Kier alpha value is -2.52. The standard InChI is InChI=1S/C16H11BrFN3O/c17-14-8-11(4-5-15(14)18)7-12(9-19)16(22)21-10-13-3-1-2-6-20-13/h1-8H,10H2,(H,21,22). The summed E-state index contributed by atoms with van der Waals surface area (Å²) in [5.41, 5.74) is 1.19. The quantitative estimate of drug-likeness (QED) is 0.673. The van der Waals surface area contributed by atoms with Crippen molar-refractivity contribution < 1.29 is 9.18 Å². The third-order valence-corrected chi connectivity index (χ3v) is 3.38. The minimum absolute atomic E-state index is 0.0607. The van der Waals surface area contributed by atoms with Crippen LogP contribution in [0.3, 0.4) is 0 Å². The molecule has 0 fully saturated rings. The number of rotatable bonds is 4. The maximum atomic E-state index is 13.2. The monoisotopic (exact) mass is 359 g/mol. The van der Waals surface area contributed by atoms with Gasteiger partial charge in [-0.3, -0.25) is 9.78 Å². The molecule has 0 bridgehead atoms. The first-order chi connectivity index (χ1) is 10.6. The van der Waals surface area contributed by atoms with Crippen LogP contribution in [0.25, 0.3) is 6.08 Å². The summed E-state index contributed by atoms with van der Waals surface area (Å²) in [6.45, 7) is 0.228. The average molecular weight is 360 g/mol. The van der Waals surface area contributed by atoms with Crippen LogP contribution in [0.15, 0.2) is 52.6 Å². The van der Waals surface area contributed by atoms with Crippen LogP contribution in [0.5, 0.6) is 0 Å². The summed E-state index contributed by atoms with van der Waals surface area (Å²) in [6, 6.07) is 11.4. The predicted octanol–water partition coefficient (Wildman–Crippen LogP) is 3.21. The number of carbonyl (C=O) groups is 1. The van der Waals surface area contributed by atoms with Crippen LogP contribution in [0, 0.1) is 17.1 Å². The van der Waals surface area contributed by atoms with Gasteiger partial charge in [-0.15, -0.1) is 0 Å². The van der Waals surface area contributed by atoms with Gasteiger partial charge in [-0.1, -0.05) is 12.1 Å². The lowest BCUT2D eigenvalue weighted by atomic mass is 10.1. The molecule has 0 saturated carbocycles. The third-order valence-electron chi connectivity index (χ3n) is 2.78. The van der Waals surface area contributed by atoms with E-state index in [1.54, 1.807) is 18.3 Å². The Morgan fingerprint density at radius 2 is 2.23 bits per heavy atom. The van der Waals surface area contributed by atoms with Crippen molar-refractivity contribution in [2.24, 2.45) is 0 Å². The highest BCUT2D eigenvalue weighted by atomic mass is 79.9. The first-order valence-electron chi connectivity index (χ1n) is 6.35. The molecule has 1 heterocycles. The Bertz CT molecular complexity index is 754. The first-order valence-corrected chi connectivity index (χ1v) is 7.14. The second kappa shape index (κ2) is 7.48. The number of pyridine rings is 1. The number of halogens is 2. The SMILES string of the molecule is N#CC(=Cc1ccc(F)c(Br)c1)C(=O)NCc1ccccn1. The summed E-state index contributed by atoms with van der Waals surface area (Å²) in [5.74, 6) is -0.913. The summed E-state index contributed by atoms with van der Waals surface area (Å²) in [6.07, 6.45) is 3.02. The lowest BCUT2D eigenvalue weighted by Gasteiger charge is -2.04. The molecule has 0 unspecified atom stereocenters. The van der Waals surface area contributed by atoms with Gasteiger partial charge in [0.25, 0.3) is 5.91 Å². The average Bonchev–Trinajstić information content (AvgIpc) is 2.54. The lowest BCUT2D eigenvalue weighted by molar-refractivity contribution is -0.117. The topological polar surface area (TPSA) is 65.8 Å². The zero-order valence-electron chi connectivity index (χ0n) is 11.4. The molecule has 1 aromatic carbocycles. The van der Waals surface area contributed by atoms with Crippen molar-refractivity contribution in [3.63, 3.8) is 0 Å². The van der Waals surface area contributed by atoms with Gasteiger partial charge < -0.3 is 5.32 Å². The molecule has 1 aromatic heterocycles. The van der Waals surface area contributed by atoms with Gasteiger partial charge in [0.1, 0.15) is 17.5 Å². The lowest BCUT2D eigenvalue weighted by Crippen LogP contribution is -2.24. The molecule has 110 valence electrons. The molecule has 6 heteroatoms. The summed E-state index contributed by atoms with van der Waals surface area (Å²) in [7, 11) is 0. The fourth-order valence-electron chi connectivity index (χ4n) is 1.69. The number of carbonyl (C=O) groups excluding carboxylic acids is 1. The molecule has 0 aliphatic carbocycles. The zero-order valence-corrected chi connectivity index (χ0v) is 13.0. The fraction of sp³-hybridized carbons (Fsp3) is 0.0625. The molecule has 0 atom stereocenters. The van der Waals surface area contributed by atoms with E-state index in [1.807, 2.05) is 12.1 Å². The molecule has 4 nitrogen and oxygen atoms in total. The number of amides is 1. The molecule has 0 radical (unpaired) electrons. The highest BCUT2D eigenvalue weighted by Gasteiger charge is 2.09. The second-order valence-electron chi connectivity index (χ2n) is 4.35. The van der Waals surface area contributed by atoms with Crippen molar-refractivity contribution in [2.45, 2.75) is 6.54 Å². The summed E-state index contributed by atoms with van der Waals surface area (Å²) in [5, 5.41) is 11.7. The van der Waals surface area contributed by atoms with Crippen LogP contribution in [0.1, 0.15) is 11.3 Å². The van der Waals surface area contributed by atoms with E-state index in [9.17, 15) is 9.18 Å². The number of nitrogens with one attached hydrogen (secondary N) is 1. The van der Waals surface area contributed by atoms with E-state index >= 15 is 0 Å². The van der Waals surface area contributed by atoms with Crippen molar-refractivity contribution >= 4 is 27.9 Å². The van der Waals surface area contributed by atoms with Crippen molar-refractivity contribution in [1.29, 1.82) is 5.26 Å². The molecular weight excluding hydrogens is 349 g/mol. The van der Waals surface area contributed by atoms with Crippen LogP contribution < -0.4 is 5.32 Å². The van der Waals surface area contributed by atoms with Crippen LogP contribution in [-0.2, 0) is 11.3 Å². The number of hydrogen-bond acceptors (Lipinski definition) is 3. The van der Waals surface area contributed by atoms with Gasteiger partial charge in [0.2, 0.25) is 0 Å². The van der Waals surface area contributed by atoms with E-state index in [-0.39, 0.29) is 16.6 Å². The van der Waals surface area contributed by atoms with Crippen LogP contribution >= 0.6 is 15.9 Å². The molecule has 2 aromatic rings. The number of hydrogen-bond donors (Lipinski definition) is 1. The van der Waals surface area contributed by atoms with Gasteiger partial charge in [0.15, 0.2) is 0 Å². The summed E-state index contributed by atoms with van der Waals surface area (Å²) >= 11 is 3.06. The van der Waals surface area contributed by atoms with Crippen LogP contribution in [0.2, 0.25) is 0 Å². The highest BCUT2D eigenvalue weighted by molar-refractivity contribution is 9.10. The van der Waals surface area contributed by atoms with Gasteiger partial charge in [0.05, 0.1) is 16.7 Å². The number of benzene rings is 1. The third kappa shape index (κ3) is 4.24. The van der Waals surface area contributed by atoms with E-state index in [0.29, 0.717) is 11.3 Å². The Morgan fingerprint density at radius 3 is 2.86 bits per heavy atom. The molecule has 0 aliphatic heterocycles. The Kier molecular flexibility index (Phi) is 5.39. The Labute approximate surface area is 135 Å². The normalized spacial score (nSPS) is 10.9. The molecule has 1 amide bonds. The van der Waals surface area contributed by atoms with E-state index in [2.05, 4.69) is 26.2 Å². The summed E-state index contributed by atoms with van der Waals surface area (Å²) in [4.78, 5) is 16.1. The smallest absolute Gasteiger partial charge is 0.262 e. The molecular formula is C16H11BrFN3O. The summed E-state index contributed by atoms with van der Waals surface area (Å²) < 4.78 is 13.4. The molecule has 1 N–H and O–H groups in total. The van der Waals surface area contributed by atoms with Crippen molar-refractivity contribution in [3.05, 3.63) is 69.7 Å². The van der Waals surface area contributed by atoms with Crippen LogP contribution in [-0.4, -0.2) is 10.9 Å². The number of nitrogens with zero attached hydrogens (tertiary/aromatic N) is 2. The minimum Gasteiger partial charge on any atom is -0.346 e. The van der Waals surface area contributed by atoms with Gasteiger partial charge in [0, 0.05) is 6.20 Å². The van der Waals surface area contributed by atoms with Crippen LogP contribution in [0.4, 0.5) is 4.39 Å². The number of aromatic nitrogens is 1. The molecule has 0 aliphatic rings. The van der Waals surface area contributed by atoms with E-state index in [1.165, 1.54) is 24.3 Å². The Morgan fingerprint density at radius 1 is 1.41 bits per heavy atom. The number of nitriles is 1. The predicted molar refractivity (Wildman–Crippen MR) is 83.8 cm³/mol. The van der Waals surface area contributed by atoms with Gasteiger partial charge in [-0.2, -0.15) is 5.26 Å². The van der Waals surface area contributed by atoms with Crippen molar-refractivity contribution in [2.75, 3.05) is 0 Å².